The van der Waals surface area contributed by atoms with Gasteiger partial charge in [0.25, 0.3) is 0 Å². The Morgan fingerprint density at radius 3 is 2.27 bits per heavy atom. The lowest BCUT2D eigenvalue weighted by Gasteiger charge is -2.28. The third kappa shape index (κ3) is 10.4. The Morgan fingerprint density at radius 1 is 1.23 bits per heavy atom. The summed E-state index contributed by atoms with van der Waals surface area (Å²) in [5, 5.41) is 15.0. The van der Waals surface area contributed by atoms with Crippen LogP contribution in [0.3, 0.4) is 0 Å². The van der Waals surface area contributed by atoms with E-state index in [2.05, 4.69) is 44.4 Å². The largest absolute Gasteiger partial charge is 0.444 e. The monoisotopic (exact) mass is 311 g/mol. The van der Waals surface area contributed by atoms with E-state index in [1.807, 2.05) is 20.8 Å². The second kappa shape index (κ2) is 8.99. The van der Waals surface area contributed by atoms with Crippen molar-refractivity contribution in [1.29, 1.82) is 5.26 Å². The highest BCUT2D eigenvalue weighted by Crippen LogP contribution is 2.20. The van der Waals surface area contributed by atoms with Crippen LogP contribution in [0.5, 0.6) is 0 Å². The van der Waals surface area contributed by atoms with Crippen molar-refractivity contribution in [1.82, 2.24) is 10.6 Å². The van der Waals surface area contributed by atoms with Crippen molar-refractivity contribution in [2.24, 2.45) is 11.3 Å². The fourth-order valence-corrected chi connectivity index (χ4v) is 1.96. The Labute approximate surface area is 135 Å². The van der Waals surface area contributed by atoms with Crippen LogP contribution in [-0.2, 0) is 4.74 Å². The molecule has 0 aliphatic carbocycles. The first-order valence-corrected chi connectivity index (χ1v) is 8.04. The van der Waals surface area contributed by atoms with Crippen LogP contribution in [0, 0.1) is 22.7 Å². The maximum Gasteiger partial charge on any atom is 0.407 e. The second-order valence-corrected chi connectivity index (χ2v) is 7.95. The molecule has 0 radical (unpaired) electrons. The van der Waals surface area contributed by atoms with Crippen molar-refractivity contribution in [3.05, 3.63) is 0 Å². The fraction of sp³-hybridized carbons (Fsp3) is 0.882. The van der Waals surface area contributed by atoms with Crippen LogP contribution >= 0.6 is 0 Å². The van der Waals surface area contributed by atoms with Crippen LogP contribution in [0.1, 0.15) is 61.3 Å². The van der Waals surface area contributed by atoms with Crippen molar-refractivity contribution < 1.29 is 9.53 Å². The van der Waals surface area contributed by atoms with E-state index in [1.165, 1.54) is 0 Å². The molecule has 1 atom stereocenters. The summed E-state index contributed by atoms with van der Waals surface area (Å²) in [5.74, 6) is 0.308. The molecule has 0 fully saturated rings. The summed E-state index contributed by atoms with van der Waals surface area (Å²) in [6, 6.07) is 2.20. The summed E-state index contributed by atoms with van der Waals surface area (Å²) >= 11 is 0. The molecular weight excluding hydrogens is 278 g/mol. The summed E-state index contributed by atoms with van der Waals surface area (Å²) in [4.78, 5) is 11.9. The molecule has 0 saturated heterocycles. The molecule has 1 amide bonds. The van der Waals surface area contributed by atoms with Crippen LogP contribution in [0.2, 0.25) is 0 Å². The Morgan fingerprint density at radius 2 is 1.82 bits per heavy atom. The number of hydrogen-bond donors (Lipinski definition) is 2. The molecule has 0 aliphatic heterocycles. The van der Waals surface area contributed by atoms with Gasteiger partial charge in [-0.2, -0.15) is 5.26 Å². The van der Waals surface area contributed by atoms with Crippen LogP contribution in [-0.4, -0.2) is 30.8 Å². The number of nitriles is 1. The minimum absolute atomic E-state index is 0.0154. The quantitative estimate of drug-likeness (QED) is 0.720. The first kappa shape index (κ1) is 20.7. The smallest absolute Gasteiger partial charge is 0.407 e. The SMILES string of the molecule is CC(C)C(CNCC(C)(C)CCC#N)NC(=O)OC(C)(C)C. The molecule has 0 aromatic heterocycles. The molecule has 0 aliphatic rings. The predicted octanol–water partition coefficient (Wildman–Crippen LogP) is 3.46. The highest BCUT2D eigenvalue weighted by Gasteiger charge is 2.22. The molecule has 0 heterocycles. The zero-order valence-electron chi connectivity index (χ0n) is 15.2. The molecule has 0 rings (SSSR count). The summed E-state index contributed by atoms with van der Waals surface area (Å²) in [5.41, 5.74) is -0.415. The van der Waals surface area contributed by atoms with Gasteiger partial charge in [0.1, 0.15) is 5.60 Å². The third-order valence-electron chi connectivity index (χ3n) is 3.39. The average molecular weight is 311 g/mol. The number of nitrogens with zero attached hydrogens (tertiary/aromatic N) is 1. The van der Waals surface area contributed by atoms with E-state index >= 15 is 0 Å². The second-order valence-electron chi connectivity index (χ2n) is 7.95. The summed E-state index contributed by atoms with van der Waals surface area (Å²) in [7, 11) is 0. The molecule has 128 valence electrons. The molecule has 2 N–H and O–H groups in total. The molecule has 1 unspecified atom stereocenters. The van der Waals surface area contributed by atoms with Gasteiger partial charge >= 0.3 is 6.09 Å². The maximum absolute atomic E-state index is 11.9. The number of carbonyl (C=O) groups excluding carboxylic acids is 1. The van der Waals surface area contributed by atoms with Gasteiger partial charge < -0.3 is 15.4 Å². The van der Waals surface area contributed by atoms with E-state index in [-0.39, 0.29) is 17.6 Å². The summed E-state index contributed by atoms with van der Waals surface area (Å²) < 4.78 is 5.30. The highest BCUT2D eigenvalue weighted by molar-refractivity contribution is 5.68. The number of hydrogen-bond acceptors (Lipinski definition) is 4. The summed E-state index contributed by atoms with van der Waals surface area (Å²) in [6.07, 6.45) is 1.05. The first-order chi connectivity index (χ1) is 9.97. The normalized spacial score (nSPS) is 13.6. The highest BCUT2D eigenvalue weighted by atomic mass is 16.6. The van der Waals surface area contributed by atoms with Crippen molar-refractivity contribution in [3.8, 4) is 6.07 Å². The molecular formula is C17H33N3O2. The topological polar surface area (TPSA) is 74.2 Å². The molecule has 0 aromatic carbocycles. The number of rotatable bonds is 8. The number of nitrogens with one attached hydrogen (secondary N) is 2. The van der Waals surface area contributed by atoms with E-state index < -0.39 is 5.60 Å². The Hall–Kier alpha value is -1.28. The lowest BCUT2D eigenvalue weighted by atomic mass is 9.88. The van der Waals surface area contributed by atoms with Crippen molar-refractivity contribution >= 4 is 6.09 Å². The van der Waals surface area contributed by atoms with E-state index in [1.54, 1.807) is 0 Å². The zero-order chi connectivity index (χ0) is 17.4. The van der Waals surface area contributed by atoms with E-state index in [4.69, 9.17) is 10.00 Å². The predicted molar refractivity (Wildman–Crippen MR) is 89.5 cm³/mol. The first-order valence-electron chi connectivity index (χ1n) is 8.04. The molecule has 0 saturated carbocycles. The Bertz CT molecular complexity index is 378. The standard InChI is InChI=1S/C17H33N3O2/c1-13(2)14(20-15(21)22-16(3,4)5)11-19-12-17(6,7)9-8-10-18/h13-14,19H,8-9,11-12H2,1-7H3,(H,20,21). The van der Waals surface area contributed by atoms with Crippen LogP contribution in [0.15, 0.2) is 0 Å². The van der Waals surface area contributed by atoms with Gasteiger partial charge in [-0.05, 0) is 38.5 Å². The number of carbonyl (C=O) groups is 1. The van der Waals surface area contributed by atoms with Gasteiger partial charge in [-0.3, -0.25) is 0 Å². The Balaban J connectivity index is 4.32. The van der Waals surface area contributed by atoms with Gasteiger partial charge in [-0.1, -0.05) is 27.7 Å². The van der Waals surface area contributed by atoms with Gasteiger partial charge in [0.2, 0.25) is 0 Å². The van der Waals surface area contributed by atoms with E-state index in [0.29, 0.717) is 18.9 Å². The van der Waals surface area contributed by atoms with E-state index in [0.717, 1.165) is 13.0 Å². The minimum Gasteiger partial charge on any atom is -0.444 e. The molecule has 22 heavy (non-hydrogen) atoms. The van der Waals surface area contributed by atoms with Gasteiger partial charge in [-0.15, -0.1) is 0 Å². The Kier molecular flexibility index (Phi) is 8.47. The van der Waals surface area contributed by atoms with Crippen molar-refractivity contribution in [3.63, 3.8) is 0 Å². The van der Waals surface area contributed by atoms with Gasteiger partial charge in [0.05, 0.1) is 6.07 Å². The fourth-order valence-electron chi connectivity index (χ4n) is 1.96. The molecule has 5 heteroatoms. The molecule has 0 bridgehead atoms. The molecule has 0 aromatic rings. The van der Waals surface area contributed by atoms with Gasteiger partial charge in [0.15, 0.2) is 0 Å². The molecule has 5 nitrogen and oxygen atoms in total. The van der Waals surface area contributed by atoms with Crippen LogP contribution in [0.25, 0.3) is 0 Å². The lowest BCUT2D eigenvalue weighted by molar-refractivity contribution is 0.0489. The van der Waals surface area contributed by atoms with E-state index in [9.17, 15) is 4.79 Å². The average Bonchev–Trinajstić information content (AvgIpc) is 2.32. The third-order valence-corrected chi connectivity index (χ3v) is 3.39. The zero-order valence-corrected chi connectivity index (χ0v) is 15.2. The van der Waals surface area contributed by atoms with Gasteiger partial charge in [-0.25, -0.2) is 4.79 Å². The van der Waals surface area contributed by atoms with Crippen molar-refractivity contribution in [2.45, 2.75) is 73.0 Å². The minimum atomic E-state index is -0.488. The van der Waals surface area contributed by atoms with Crippen molar-refractivity contribution in [2.75, 3.05) is 13.1 Å². The number of alkyl carbamates (subject to hydrolysis) is 1. The number of ether oxygens (including phenoxy) is 1. The van der Waals surface area contributed by atoms with Crippen LogP contribution in [0.4, 0.5) is 4.79 Å². The molecule has 0 spiro atoms. The summed E-state index contributed by atoms with van der Waals surface area (Å²) in [6.45, 7) is 15.5. The number of amides is 1. The lowest BCUT2D eigenvalue weighted by Crippen LogP contribution is -2.48. The van der Waals surface area contributed by atoms with Crippen LogP contribution < -0.4 is 10.6 Å². The van der Waals surface area contributed by atoms with Gasteiger partial charge in [0, 0.05) is 25.6 Å². The maximum atomic E-state index is 11.9.